The molecule has 0 radical (unpaired) electrons. The van der Waals surface area contributed by atoms with E-state index in [2.05, 4.69) is 29.1 Å². The van der Waals surface area contributed by atoms with Crippen LogP contribution in [0.25, 0.3) is 11.0 Å². The SMILES string of the molecule is CC1(C)CCCN1c1ccc(N)c2nonc12. The average Bonchev–Trinajstić information content (AvgIpc) is 2.86. The molecular weight excluding hydrogens is 216 g/mol. The summed E-state index contributed by atoms with van der Waals surface area (Å²) in [5.74, 6) is 0. The van der Waals surface area contributed by atoms with E-state index in [0.29, 0.717) is 11.2 Å². The Balaban J connectivity index is 2.18. The molecule has 0 aliphatic carbocycles. The number of rotatable bonds is 1. The van der Waals surface area contributed by atoms with Gasteiger partial charge in [-0.05, 0) is 49.1 Å². The zero-order valence-electron chi connectivity index (χ0n) is 10.1. The molecule has 5 heteroatoms. The lowest BCUT2D eigenvalue weighted by atomic mass is 10.0. The summed E-state index contributed by atoms with van der Waals surface area (Å²) < 4.78 is 4.81. The van der Waals surface area contributed by atoms with Crippen LogP contribution in [-0.4, -0.2) is 22.4 Å². The van der Waals surface area contributed by atoms with E-state index in [1.165, 1.54) is 12.8 Å². The summed E-state index contributed by atoms with van der Waals surface area (Å²) in [4.78, 5) is 2.36. The summed E-state index contributed by atoms with van der Waals surface area (Å²) in [5.41, 5.74) is 9.11. The summed E-state index contributed by atoms with van der Waals surface area (Å²) in [6.07, 6.45) is 2.38. The minimum atomic E-state index is 0.155. The van der Waals surface area contributed by atoms with Gasteiger partial charge in [-0.25, -0.2) is 4.63 Å². The van der Waals surface area contributed by atoms with Gasteiger partial charge in [0.25, 0.3) is 0 Å². The number of anilines is 2. The number of benzene rings is 1. The number of hydrogen-bond donors (Lipinski definition) is 1. The topological polar surface area (TPSA) is 68.2 Å². The van der Waals surface area contributed by atoms with E-state index in [0.717, 1.165) is 17.7 Å². The molecule has 0 bridgehead atoms. The maximum absolute atomic E-state index is 5.85. The quantitative estimate of drug-likeness (QED) is 0.763. The zero-order chi connectivity index (χ0) is 12.0. The maximum atomic E-state index is 5.85. The second-order valence-electron chi connectivity index (χ2n) is 5.20. The molecule has 1 aliphatic rings. The monoisotopic (exact) mass is 232 g/mol. The lowest BCUT2D eigenvalue weighted by molar-refractivity contribution is 0.315. The first kappa shape index (κ1) is 10.4. The van der Waals surface area contributed by atoms with Crippen LogP contribution >= 0.6 is 0 Å². The van der Waals surface area contributed by atoms with Gasteiger partial charge in [-0.1, -0.05) is 0 Å². The number of nitrogen functional groups attached to an aromatic ring is 1. The van der Waals surface area contributed by atoms with E-state index in [-0.39, 0.29) is 5.54 Å². The van der Waals surface area contributed by atoms with Crippen molar-refractivity contribution in [3.63, 3.8) is 0 Å². The van der Waals surface area contributed by atoms with E-state index < -0.39 is 0 Å². The lowest BCUT2D eigenvalue weighted by Crippen LogP contribution is -2.38. The van der Waals surface area contributed by atoms with E-state index in [1.54, 1.807) is 0 Å². The third-order valence-corrected chi connectivity index (χ3v) is 3.62. The first-order chi connectivity index (χ1) is 8.09. The van der Waals surface area contributed by atoms with E-state index >= 15 is 0 Å². The van der Waals surface area contributed by atoms with Gasteiger partial charge in [0.15, 0.2) is 11.0 Å². The molecule has 2 heterocycles. The van der Waals surface area contributed by atoms with Gasteiger partial charge in [-0.2, -0.15) is 0 Å². The maximum Gasteiger partial charge on any atom is 0.160 e. The van der Waals surface area contributed by atoms with Crippen LogP contribution in [0.1, 0.15) is 26.7 Å². The second-order valence-corrected chi connectivity index (χ2v) is 5.20. The molecule has 17 heavy (non-hydrogen) atoms. The molecule has 0 saturated carbocycles. The fraction of sp³-hybridized carbons (Fsp3) is 0.500. The van der Waals surface area contributed by atoms with Gasteiger partial charge >= 0.3 is 0 Å². The number of nitrogens with two attached hydrogens (primary N) is 1. The molecule has 0 atom stereocenters. The summed E-state index contributed by atoms with van der Waals surface area (Å²) >= 11 is 0. The number of aromatic nitrogens is 2. The van der Waals surface area contributed by atoms with Gasteiger partial charge in [0.05, 0.1) is 11.4 Å². The molecule has 1 aromatic heterocycles. The highest BCUT2D eigenvalue weighted by Gasteiger charge is 2.33. The molecule has 3 rings (SSSR count). The largest absolute Gasteiger partial charge is 0.397 e. The van der Waals surface area contributed by atoms with Crippen molar-refractivity contribution in [1.29, 1.82) is 0 Å². The molecular formula is C12H16N4O. The molecule has 0 spiro atoms. The molecule has 5 nitrogen and oxygen atoms in total. The first-order valence-corrected chi connectivity index (χ1v) is 5.88. The molecule has 90 valence electrons. The van der Waals surface area contributed by atoms with Crippen LogP contribution < -0.4 is 10.6 Å². The van der Waals surface area contributed by atoms with Crippen molar-refractivity contribution in [3.8, 4) is 0 Å². The van der Waals surface area contributed by atoms with E-state index in [4.69, 9.17) is 10.4 Å². The Bertz CT molecular complexity index is 561. The molecule has 1 aromatic carbocycles. The predicted octanol–water partition coefficient (Wildman–Crippen LogP) is 2.18. The minimum absolute atomic E-state index is 0.155. The number of nitrogens with zero attached hydrogens (tertiary/aromatic N) is 3. The summed E-state index contributed by atoms with van der Waals surface area (Å²) in [7, 11) is 0. The fourth-order valence-corrected chi connectivity index (χ4v) is 2.64. The Morgan fingerprint density at radius 2 is 2.06 bits per heavy atom. The minimum Gasteiger partial charge on any atom is -0.397 e. The van der Waals surface area contributed by atoms with Gasteiger partial charge in [0, 0.05) is 12.1 Å². The molecule has 2 N–H and O–H groups in total. The van der Waals surface area contributed by atoms with Gasteiger partial charge in [-0.3, -0.25) is 0 Å². The normalized spacial score (nSPS) is 19.1. The smallest absolute Gasteiger partial charge is 0.160 e. The molecule has 1 saturated heterocycles. The van der Waals surface area contributed by atoms with Crippen molar-refractivity contribution in [2.24, 2.45) is 0 Å². The van der Waals surface area contributed by atoms with Crippen molar-refractivity contribution in [2.75, 3.05) is 17.2 Å². The first-order valence-electron chi connectivity index (χ1n) is 5.88. The number of hydrogen-bond acceptors (Lipinski definition) is 5. The third-order valence-electron chi connectivity index (χ3n) is 3.62. The van der Waals surface area contributed by atoms with Gasteiger partial charge < -0.3 is 10.6 Å². The summed E-state index contributed by atoms with van der Waals surface area (Å²) in [5, 5.41) is 7.84. The Labute approximate surface area is 99.5 Å². The van der Waals surface area contributed by atoms with Crippen LogP contribution in [0, 0.1) is 0 Å². The Morgan fingerprint density at radius 3 is 2.76 bits per heavy atom. The third kappa shape index (κ3) is 1.45. The molecule has 1 aliphatic heterocycles. The van der Waals surface area contributed by atoms with Crippen LogP contribution in [0.2, 0.25) is 0 Å². The Hall–Kier alpha value is -1.78. The van der Waals surface area contributed by atoms with Crippen molar-refractivity contribution in [2.45, 2.75) is 32.2 Å². The molecule has 2 aromatic rings. The van der Waals surface area contributed by atoms with Crippen LogP contribution in [0.4, 0.5) is 11.4 Å². The summed E-state index contributed by atoms with van der Waals surface area (Å²) in [6, 6.07) is 3.88. The van der Waals surface area contributed by atoms with Crippen LogP contribution in [0.3, 0.4) is 0 Å². The highest BCUT2D eigenvalue weighted by atomic mass is 16.6. The van der Waals surface area contributed by atoms with Crippen molar-refractivity contribution >= 4 is 22.4 Å². The molecule has 0 amide bonds. The number of fused-ring (bicyclic) bond motifs is 1. The van der Waals surface area contributed by atoms with E-state index in [9.17, 15) is 0 Å². The standard InChI is InChI=1S/C12H16N4O/c1-12(2)6-3-7-16(12)9-5-4-8(13)10-11(9)15-17-14-10/h4-5H,3,6-7,13H2,1-2H3. The van der Waals surface area contributed by atoms with Gasteiger partial charge in [-0.15, -0.1) is 0 Å². The lowest BCUT2D eigenvalue weighted by Gasteiger charge is -2.33. The van der Waals surface area contributed by atoms with Crippen LogP contribution in [0.15, 0.2) is 16.8 Å². The predicted molar refractivity (Wildman–Crippen MR) is 66.9 cm³/mol. The van der Waals surface area contributed by atoms with Crippen LogP contribution in [0.5, 0.6) is 0 Å². The highest BCUT2D eigenvalue weighted by Crippen LogP contribution is 2.37. The summed E-state index contributed by atoms with van der Waals surface area (Å²) in [6.45, 7) is 5.53. The molecule has 1 fully saturated rings. The zero-order valence-corrected chi connectivity index (χ0v) is 10.1. The molecule has 0 unspecified atom stereocenters. The van der Waals surface area contributed by atoms with Crippen molar-refractivity contribution in [3.05, 3.63) is 12.1 Å². The highest BCUT2D eigenvalue weighted by molar-refractivity contribution is 5.95. The average molecular weight is 232 g/mol. The van der Waals surface area contributed by atoms with E-state index in [1.807, 2.05) is 12.1 Å². The van der Waals surface area contributed by atoms with Crippen LogP contribution in [-0.2, 0) is 0 Å². The van der Waals surface area contributed by atoms with Gasteiger partial charge in [0.2, 0.25) is 0 Å². The second kappa shape index (κ2) is 3.35. The Kier molecular flexibility index (Phi) is 2.05. The van der Waals surface area contributed by atoms with Crippen molar-refractivity contribution < 1.29 is 4.63 Å². The van der Waals surface area contributed by atoms with Gasteiger partial charge in [0.1, 0.15) is 0 Å². The van der Waals surface area contributed by atoms with Crippen molar-refractivity contribution in [1.82, 2.24) is 10.3 Å². The Morgan fingerprint density at radius 1 is 1.29 bits per heavy atom. The fourth-order valence-electron chi connectivity index (χ4n) is 2.64.